The van der Waals surface area contributed by atoms with Gasteiger partial charge in [0.2, 0.25) is 0 Å². The second-order valence-corrected chi connectivity index (χ2v) is 20.8. The van der Waals surface area contributed by atoms with Crippen LogP contribution in [0, 0.1) is 22.7 Å². The molecule has 3 aliphatic rings. The minimum absolute atomic E-state index is 0.0275. The highest BCUT2D eigenvalue weighted by atomic mass is 16.1. The van der Waals surface area contributed by atoms with Crippen molar-refractivity contribution in [3.63, 3.8) is 0 Å². The summed E-state index contributed by atoms with van der Waals surface area (Å²) in [5.41, 5.74) is 18.1. The van der Waals surface area contributed by atoms with Gasteiger partial charge in [0.15, 0.2) is 0 Å². The smallest absolute Gasteiger partial charge is 0.149 e. The first-order valence-electron chi connectivity index (χ1n) is 26.5. The van der Waals surface area contributed by atoms with Crippen LogP contribution in [0.2, 0.25) is 0 Å². The average Bonchev–Trinajstić information content (AvgIpc) is 4.08. The predicted molar refractivity (Wildman–Crippen MR) is 309 cm³/mol. The van der Waals surface area contributed by atoms with Crippen molar-refractivity contribution in [1.29, 1.82) is 10.5 Å². The summed E-state index contributed by atoms with van der Waals surface area (Å²) in [6.45, 7) is 0. The number of para-hydroxylation sites is 2. The summed E-state index contributed by atoms with van der Waals surface area (Å²) < 4.78 is 4.20. The first-order chi connectivity index (χ1) is 38.6. The molecule has 78 heavy (non-hydrogen) atoms. The van der Waals surface area contributed by atoms with Gasteiger partial charge < -0.3 is 0 Å². The number of ketones is 1. The van der Waals surface area contributed by atoms with Crippen LogP contribution in [0.5, 0.6) is 0 Å². The Labute approximate surface area is 448 Å². The molecular weight excluding hydrogens is 953 g/mol. The lowest BCUT2D eigenvalue weighted by Gasteiger charge is -2.27. The molecule has 0 saturated carbocycles. The normalized spacial score (nSPS) is 15.3. The van der Waals surface area contributed by atoms with Gasteiger partial charge in [0.05, 0.1) is 45.4 Å². The molecule has 9 aromatic carbocycles. The van der Waals surface area contributed by atoms with Crippen molar-refractivity contribution in [2.75, 3.05) is 0 Å². The first kappa shape index (κ1) is 43.9. The summed E-state index contributed by atoms with van der Waals surface area (Å²) in [6.07, 6.45) is 3.79. The lowest BCUT2D eigenvalue weighted by molar-refractivity contribution is -0.121. The number of nitriles is 2. The van der Waals surface area contributed by atoms with Crippen LogP contribution in [0.25, 0.3) is 99.8 Å². The maximum atomic E-state index is 17.5. The van der Waals surface area contributed by atoms with Crippen LogP contribution in [-0.4, -0.2) is 24.9 Å². The number of nitrogens with zero attached hydrogens (tertiary/aromatic N) is 6. The summed E-state index contributed by atoms with van der Waals surface area (Å²) in [5.74, 6) is -2.56. The summed E-state index contributed by atoms with van der Waals surface area (Å²) in [4.78, 5) is 28.2. The monoisotopic (exact) mass is 994 g/mol. The lowest BCUT2D eigenvalue weighted by atomic mass is 9.76. The standard InChI is InChI=1S/C71H42N6O/c72-37-57-58(38-73)68(77-60-34-18-16-28-50(60)56-36-44(40-75-71(56)77)42-21-5-2-6-22-42)64-63(67(57)76-59-33-17-15-27-49(59)55-35-43(39-74-70(55)76)41-19-3-1-4-20-41)65(61-51-29-11-7-23-45(51)46-24-8-12-30-52(46)61)69(78)66(64)62-53-31-13-9-25-47(53)48-26-10-14-32-54(48)62/h1-36,39-40,61-62,65-66H/t65-,66?/m1/s1. The van der Waals surface area contributed by atoms with E-state index in [1.165, 1.54) is 0 Å². The molecule has 0 spiro atoms. The zero-order valence-corrected chi connectivity index (χ0v) is 41.8. The van der Waals surface area contributed by atoms with Gasteiger partial charge >= 0.3 is 0 Å². The molecule has 0 N–H and O–H groups in total. The fourth-order valence-corrected chi connectivity index (χ4v) is 14.0. The predicted octanol–water partition coefficient (Wildman–Crippen LogP) is 16.1. The van der Waals surface area contributed by atoms with Gasteiger partial charge in [0, 0.05) is 56.9 Å². The highest BCUT2D eigenvalue weighted by molar-refractivity contribution is 6.13. The highest BCUT2D eigenvalue weighted by Gasteiger charge is 2.55. The molecule has 0 radical (unpaired) electrons. The van der Waals surface area contributed by atoms with Gasteiger partial charge in [-0.15, -0.1) is 0 Å². The van der Waals surface area contributed by atoms with E-state index in [1.807, 2.05) is 73.1 Å². The van der Waals surface area contributed by atoms with Gasteiger partial charge in [0.1, 0.15) is 29.2 Å². The van der Waals surface area contributed by atoms with E-state index in [9.17, 15) is 10.5 Å². The van der Waals surface area contributed by atoms with E-state index < -0.39 is 23.7 Å². The van der Waals surface area contributed by atoms with Crippen LogP contribution in [0.3, 0.4) is 0 Å². The van der Waals surface area contributed by atoms with Gasteiger partial charge in [-0.05, 0) is 91.0 Å². The van der Waals surface area contributed by atoms with Gasteiger partial charge in [-0.3, -0.25) is 13.9 Å². The Bertz CT molecular complexity index is 4430. The Hall–Kier alpha value is -10.5. The van der Waals surface area contributed by atoms with E-state index in [4.69, 9.17) is 9.97 Å². The number of benzene rings is 9. The Balaban J connectivity index is 1.11. The summed E-state index contributed by atoms with van der Waals surface area (Å²) in [6, 6.07) is 80.5. The SMILES string of the molecule is N#Cc1c(C#N)c(-n2c3ccccc3c3cc(-c4ccccc4)cnc32)c2c(c1-n1c3ccccc3c3cc(-c4ccccc4)cnc31)C(C1c3ccccc3-c3ccccc31)C(=O)[C@@H]2C1c2ccccc2-c2ccccc21. The number of rotatable bonds is 6. The molecule has 1 unspecified atom stereocenters. The summed E-state index contributed by atoms with van der Waals surface area (Å²) >= 11 is 0. The maximum Gasteiger partial charge on any atom is 0.149 e. The molecule has 0 saturated heterocycles. The lowest BCUT2D eigenvalue weighted by Crippen LogP contribution is -2.22. The van der Waals surface area contributed by atoms with Gasteiger partial charge in [-0.1, -0.05) is 194 Å². The fourth-order valence-electron chi connectivity index (χ4n) is 14.0. The third-order valence-corrected chi connectivity index (χ3v) is 17.1. The third-order valence-electron chi connectivity index (χ3n) is 17.1. The van der Waals surface area contributed by atoms with E-state index in [0.717, 1.165) is 110 Å². The molecule has 4 aromatic heterocycles. The van der Waals surface area contributed by atoms with Crippen molar-refractivity contribution in [3.8, 4) is 68.0 Å². The van der Waals surface area contributed by atoms with Crippen molar-refractivity contribution >= 4 is 49.7 Å². The summed E-state index contributed by atoms with van der Waals surface area (Å²) in [5, 5.41) is 28.1. The number of aromatic nitrogens is 4. The van der Waals surface area contributed by atoms with Crippen molar-refractivity contribution in [2.45, 2.75) is 23.7 Å². The van der Waals surface area contributed by atoms with Crippen LogP contribution >= 0.6 is 0 Å². The zero-order valence-electron chi connectivity index (χ0n) is 41.8. The molecular formula is C71H42N6O. The quantitative estimate of drug-likeness (QED) is 0.165. The second-order valence-electron chi connectivity index (χ2n) is 20.8. The van der Waals surface area contributed by atoms with E-state index in [-0.39, 0.29) is 16.9 Å². The molecule has 0 aliphatic heterocycles. The molecule has 0 bridgehead atoms. The number of carbonyl (C=O) groups is 1. The number of Topliss-reactive ketones (excluding diaryl/α,β-unsaturated/α-hetero) is 1. The van der Waals surface area contributed by atoms with Crippen molar-refractivity contribution in [3.05, 3.63) is 275 Å². The first-order valence-corrected chi connectivity index (χ1v) is 26.5. The molecule has 13 aromatic rings. The molecule has 3 aliphatic carbocycles. The molecule has 7 nitrogen and oxygen atoms in total. The van der Waals surface area contributed by atoms with Crippen molar-refractivity contribution in [1.82, 2.24) is 19.1 Å². The minimum Gasteiger partial charge on any atom is -0.298 e. The number of fused-ring (bicyclic) bond motifs is 13. The minimum atomic E-state index is -0.839. The molecule has 2 atom stereocenters. The Morgan fingerprint density at radius 3 is 1.06 bits per heavy atom. The van der Waals surface area contributed by atoms with Crippen LogP contribution in [0.4, 0.5) is 0 Å². The van der Waals surface area contributed by atoms with Crippen LogP contribution in [0.1, 0.15) is 68.2 Å². The van der Waals surface area contributed by atoms with Crippen LogP contribution in [-0.2, 0) is 4.79 Å². The number of hydrogen-bond acceptors (Lipinski definition) is 5. The largest absolute Gasteiger partial charge is 0.298 e. The third kappa shape index (κ3) is 5.98. The number of pyridine rings is 2. The second kappa shape index (κ2) is 16.8. The van der Waals surface area contributed by atoms with Crippen LogP contribution in [0.15, 0.2) is 231 Å². The highest BCUT2D eigenvalue weighted by Crippen LogP contribution is 2.64. The van der Waals surface area contributed by atoms with Gasteiger partial charge in [0.25, 0.3) is 0 Å². The van der Waals surface area contributed by atoms with Gasteiger partial charge in [-0.25, -0.2) is 9.97 Å². The Morgan fingerprint density at radius 2 is 0.692 bits per heavy atom. The number of hydrogen-bond donors (Lipinski definition) is 0. The fraction of sp³-hybridized carbons (Fsp3) is 0.0563. The average molecular weight is 995 g/mol. The van der Waals surface area contributed by atoms with Gasteiger partial charge in [-0.2, -0.15) is 10.5 Å². The molecule has 0 fully saturated rings. The zero-order chi connectivity index (χ0) is 51.8. The van der Waals surface area contributed by atoms with Crippen LogP contribution < -0.4 is 0 Å². The Kier molecular flexibility index (Phi) is 9.43. The maximum absolute atomic E-state index is 17.5. The van der Waals surface area contributed by atoms with E-state index in [1.54, 1.807) is 0 Å². The molecule has 0 amide bonds. The Morgan fingerprint density at radius 1 is 0.359 bits per heavy atom. The number of carbonyl (C=O) groups excluding carboxylic acids is 1. The van der Waals surface area contributed by atoms with Crippen molar-refractivity contribution < 1.29 is 4.79 Å². The summed E-state index contributed by atoms with van der Waals surface area (Å²) in [7, 11) is 0. The topological polar surface area (TPSA) is 100 Å². The van der Waals surface area contributed by atoms with E-state index in [2.05, 4.69) is 179 Å². The molecule has 4 heterocycles. The molecule has 16 rings (SSSR count). The van der Waals surface area contributed by atoms with E-state index >= 15 is 4.79 Å². The van der Waals surface area contributed by atoms with E-state index in [0.29, 0.717) is 22.7 Å². The molecule has 7 heteroatoms. The molecule has 362 valence electrons. The van der Waals surface area contributed by atoms with Crippen molar-refractivity contribution in [2.24, 2.45) is 0 Å².